The summed E-state index contributed by atoms with van der Waals surface area (Å²) in [6.45, 7) is 6.93. The van der Waals surface area contributed by atoms with E-state index in [4.69, 9.17) is 5.11 Å². The second-order valence-electron chi connectivity index (χ2n) is 6.60. The molecular weight excluding hydrogens is 304 g/mol. The van der Waals surface area contributed by atoms with Gasteiger partial charge in [0.15, 0.2) is 0 Å². The first-order chi connectivity index (χ1) is 11.6. The average Bonchev–Trinajstić information content (AvgIpc) is 2.57. The van der Waals surface area contributed by atoms with Crippen LogP contribution in [-0.4, -0.2) is 73.4 Å². The molecule has 134 valence electrons. The van der Waals surface area contributed by atoms with Crippen LogP contribution in [0.3, 0.4) is 0 Å². The molecule has 1 aliphatic rings. The van der Waals surface area contributed by atoms with Gasteiger partial charge in [0.25, 0.3) is 0 Å². The summed E-state index contributed by atoms with van der Waals surface area (Å²) in [5.41, 5.74) is 1.11. The molecule has 2 atom stereocenters. The van der Waals surface area contributed by atoms with Gasteiger partial charge in [-0.25, -0.2) is 4.79 Å². The van der Waals surface area contributed by atoms with Crippen molar-refractivity contribution >= 4 is 6.03 Å². The van der Waals surface area contributed by atoms with Crippen molar-refractivity contribution in [2.75, 3.05) is 46.4 Å². The second kappa shape index (κ2) is 9.61. The summed E-state index contributed by atoms with van der Waals surface area (Å²) < 4.78 is 0. The minimum Gasteiger partial charge on any atom is -0.396 e. The summed E-state index contributed by atoms with van der Waals surface area (Å²) in [7, 11) is 2.14. The standard InChI is InChI=1S/C18H30N4O2/c1-15(8-13-23)19-18(24)20-17(16-6-4-3-5-7-16)14-22-11-9-21(2)10-12-22/h3-7,15,17,23H,8-14H2,1-2H3,(H2,19,20,24)/t15-,17?/m1/s1. The van der Waals surface area contributed by atoms with Gasteiger partial charge in [0.05, 0.1) is 6.04 Å². The number of nitrogens with one attached hydrogen (secondary N) is 2. The van der Waals surface area contributed by atoms with Crippen LogP contribution in [0.25, 0.3) is 0 Å². The van der Waals surface area contributed by atoms with Gasteiger partial charge in [0.2, 0.25) is 0 Å². The van der Waals surface area contributed by atoms with Crippen molar-refractivity contribution in [3.63, 3.8) is 0 Å². The van der Waals surface area contributed by atoms with Crippen LogP contribution in [0.1, 0.15) is 24.9 Å². The lowest BCUT2D eigenvalue weighted by Gasteiger charge is -2.35. The number of hydrogen-bond acceptors (Lipinski definition) is 4. The van der Waals surface area contributed by atoms with Gasteiger partial charge in [-0.1, -0.05) is 30.3 Å². The summed E-state index contributed by atoms with van der Waals surface area (Å²) in [5, 5.41) is 14.9. The number of aliphatic hydroxyl groups excluding tert-OH is 1. The highest BCUT2D eigenvalue weighted by atomic mass is 16.3. The highest BCUT2D eigenvalue weighted by Crippen LogP contribution is 2.15. The predicted octanol–water partition coefficient (Wildman–Crippen LogP) is 1.05. The molecule has 0 radical (unpaired) electrons. The molecular formula is C18H30N4O2. The fourth-order valence-electron chi connectivity index (χ4n) is 2.90. The number of likely N-dealkylation sites (N-methyl/N-ethyl adjacent to an activating group) is 1. The molecule has 1 aromatic carbocycles. The molecule has 2 rings (SSSR count). The second-order valence-corrected chi connectivity index (χ2v) is 6.60. The van der Waals surface area contributed by atoms with Crippen molar-refractivity contribution in [1.29, 1.82) is 0 Å². The Balaban J connectivity index is 1.97. The van der Waals surface area contributed by atoms with E-state index in [-0.39, 0.29) is 24.7 Å². The summed E-state index contributed by atoms with van der Waals surface area (Å²) in [6.07, 6.45) is 0.557. The molecule has 1 heterocycles. The van der Waals surface area contributed by atoms with E-state index >= 15 is 0 Å². The smallest absolute Gasteiger partial charge is 0.315 e. The van der Waals surface area contributed by atoms with Crippen molar-refractivity contribution in [1.82, 2.24) is 20.4 Å². The third-order valence-corrected chi connectivity index (χ3v) is 4.48. The molecule has 6 nitrogen and oxygen atoms in total. The van der Waals surface area contributed by atoms with Gasteiger partial charge in [-0.3, -0.25) is 4.90 Å². The Morgan fingerprint density at radius 2 is 1.83 bits per heavy atom. The summed E-state index contributed by atoms with van der Waals surface area (Å²) >= 11 is 0. The molecule has 0 saturated carbocycles. The highest BCUT2D eigenvalue weighted by Gasteiger charge is 2.21. The van der Waals surface area contributed by atoms with Gasteiger partial charge in [0, 0.05) is 45.4 Å². The quantitative estimate of drug-likeness (QED) is 0.697. The Morgan fingerprint density at radius 1 is 1.17 bits per heavy atom. The fourth-order valence-corrected chi connectivity index (χ4v) is 2.90. The van der Waals surface area contributed by atoms with Crippen molar-refractivity contribution in [3.8, 4) is 0 Å². The van der Waals surface area contributed by atoms with Gasteiger partial charge in [-0.2, -0.15) is 0 Å². The number of amides is 2. The van der Waals surface area contributed by atoms with Crippen LogP contribution in [0, 0.1) is 0 Å². The minimum atomic E-state index is -0.182. The maximum Gasteiger partial charge on any atom is 0.315 e. The molecule has 1 saturated heterocycles. The van der Waals surface area contributed by atoms with E-state index in [1.165, 1.54) is 0 Å². The van der Waals surface area contributed by atoms with E-state index in [0.29, 0.717) is 6.42 Å². The molecule has 1 fully saturated rings. The van der Waals surface area contributed by atoms with Crippen LogP contribution in [0.4, 0.5) is 4.79 Å². The number of carbonyl (C=O) groups excluding carboxylic acids is 1. The predicted molar refractivity (Wildman–Crippen MR) is 96.0 cm³/mol. The zero-order chi connectivity index (χ0) is 17.4. The Bertz CT molecular complexity index is 489. The molecule has 1 aliphatic heterocycles. The largest absolute Gasteiger partial charge is 0.396 e. The van der Waals surface area contributed by atoms with Crippen molar-refractivity contribution in [2.24, 2.45) is 0 Å². The Kier molecular flexibility index (Phi) is 7.49. The average molecular weight is 334 g/mol. The van der Waals surface area contributed by atoms with Gasteiger partial charge in [0.1, 0.15) is 0 Å². The number of urea groups is 1. The molecule has 3 N–H and O–H groups in total. The third kappa shape index (κ3) is 6.11. The van der Waals surface area contributed by atoms with E-state index in [9.17, 15) is 4.79 Å². The zero-order valence-corrected chi connectivity index (χ0v) is 14.7. The van der Waals surface area contributed by atoms with E-state index in [0.717, 1.165) is 38.3 Å². The SMILES string of the molecule is C[C@H](CCO)NC(=O)NC(CN1CCN(C)CC1)c1ccccc1. The van der Waals surface area contributed by atoms with Crippen molar-refractivity contribution < 1.29 is 9.90 Å². The maximum absolute atomic E-state index is 12.3. The zero-order valence-electron chi connectivity index (χ0n) is 14.7. The first-order valence-electron chi connectivity index (χ1n) is 8.72. The molecule has 0 bridgehead atoms. The van der Waals surface area contributed by atoms with Gasteiger partial charge >= 0.3 is 6.03 Å². The van der Waals surface area contributed by atoms with Gasteiger partial charge in [-0.05, 0) is 26.0 Å². The number of aliphatic hydroxyl groups is 1. The molecule has 1 unspecified atom stereocenters. The summed E-state index contributed by atoms with van der Waals surface area (Å²) in [4.78, 5) is 17.0. The molecule has 1 aromatic rings. The monoisotopic (exact) mass is 334 g/mol. The van der Waals surface area contributed by atoms with E-state index in [1.54, 1.807) is 0 Å². The molecule has 0 aromatic heterocycles. The minimum absolute atomic E-state index is 0.0454. The van der Waals surface area contributed by atoms with Crippen LogP contribution in [0.5, 0.6) is 0 Å². The topological polar surface area (TPSA) is 67.8 Å². The third-order valence-electron chi connectivity index (χ3n) is 4.48. The maximum atomic E-state index is 12.3. The fraction of sp³-hybridized carbons (Fsp3) is 0.611. The normalized spacial score (nSPS) is 18.8. The number of carbonyl (C=O) groups is 1. The van der Waals surface area contributed by atoms with Crippen molar-refractivity contribution in [2.45, 2.75) is 25.4 Å². The number of benzene rings is 1. The summed E-state index contributed by atoms with van der Waals surface area (Å²) in [6, 6.07) is 9.82. The van der Waals surface area contributed by atoms with Crippen LogP contribution in [0.15, 0.2) is 30.3 Å². The number of piperazine rings is 1. The molecule has 0 aliphatic carbocycles. The molecule has 24 heavy (non-hydrogen) atoms. The van der Waals surface area contributed by atoms with Crippen molar-refractivity contribution in [3.05, 3.63) is 35.9 Å². The molecule has 2 amide bonds. The Hall–Kier alpha value is -1.63. The van der Waals surface area contributed by atoms with Crippen LogP contribution < -0.4 is 10.6 Å². The highest BCUT2D eigenvalue weighted by molar-refractivity contribution is 5.74. The van der Waals surface area contributed by atoms with Gasteiger partial charge in [-0.15, -0.1) is 0 Å². The van der Waals surface area contributed by atoms with Gasteiger partial charge < -0.3 is 20.6 Å². The summed E-state index contributed by atoms with van der Waals surface area (Å²) in [5.74, 6) is 0. The lowest BCUT2D eigenvalue weighted by molar-refractivity contribution is 0.142. The lowest BCUT2D eigenvalue weighted by atomic mass is 10.1. The molecule has 6 heteroatoms. The first-order valence-corrected chi connectivity index (χ1v) is 8.72. The lowest BCUT2D eigenvalue weighted by Crippen LogP contribution is -2.49. The van der Waals surface area contributed by atoms with Crippen LogP contribution in [-0.2, 0) is 0 Å². The first kappa shape index (κ1) is 18.7. The number of hydrogen-bond donors (Lipinski definition) is 3. The van der Waals surface area contributed by atoms with E-state index < -0.39 is 0 Å². The number of nitrogens with zero attached hydrogens (tertiary/aromatic N) is 2. The van der Waals surface area contributed by atoms with E-state index in [1.807, 2.05) is 25.1 Å². The van der Waals surface area contributed by atoms with E-state index in [2.05, 4.69) is 39.6 Å². The Labute approximate surface area is 144 Å². The van der Waals surface area contributed by atoms with Crippen LogP contribution in [0.2, 0.25) is 0 Å². The van der Waals surface area contributed by atoms with Crippen LogP contribution >= 0.6 is 0 Å². The molecule has 0 spiro atoms. The Morgan fingerprint density at radius 3 is 2.46 bits per heavy atom. The number of rotatable bonds is 7.